The van der Waals surface area contributed by atoms with Crippen LogP contribution in [-0.2, 0) is 0 Å². The molecule has 0 aromatic carbocycles. The van der Waals surface area contributed by atoms with Crippen LogP contribution in [0.5, 0.6) is 0 Å². The molecule has 2 rings (SSSR count). The van der Waals surface area contributed by atoms with Gasteiger partial charge in [-0.25, -0.2) is 0 Å². The lowest BCUT2D eigenvalue weighted by Crippen LogP contribution is -2.38. The average molecular weight is 224 g/mol. The topological polar surface area (TPSA) is 15.3 Å². The second-order valence-corrected chi connectivity index (χ2v) is 6.53. The van der Waals surface area contributed by atoms with Gasteiger partial charge in [0.1, 0.15) is 0 Å². The third-order valence-corrected chi connectivity index (χ3v) is 4.35. The maximum absolute atomic E-state index is 3.53. The summed E-state index contributed by atoms with van der Waals surface area (Å²) in [4.78, 5) is 2.71. The first-order valence-corrected chi connectivity index (χ1v) is 7.09. The van der Waals surface area contributed by atoms with Gasteiger partial charge in [0.25, 0.3) is 0 Å². The molecule has 0 aromatic rings. The van der Waals surface area contributed by atoms with Gasteiger partial charge in [-0.2, -0.15) is 0 Å². The van der Waals surface area contributed by atoms with E-state index in [0.29, 0.717) is 5.41 Å². The molecule has 2 heteroatoms. The summed E-state index contributed by atoms with van der Waals surface area (Å²) < 4.78 is 0. The lowest BCUT2D eigenvalue weighted by atomic mass is 9.85. The normalized spacial score (nSPS) is 32.2. The molecule has 2 fully saturated rings. The predicted molar refractivity (Wildman–Crippen MR) is 69.7 cm³/mol. The number of likely N-dealkylation sites (tertiary alicyclic amines) is 1. The fourth-order valence-corrected chi connectivity index (χ4v) is 3.11. The zero-order chi connectivity index (χ0) is 11.4. The zero-order valence-corrected chi connectivity index (χ0v) is 11.1. The first kappa shape index (κ1) is 12.4. The largest absolute Gasteiger partial charge is 0.316 e. The highest BCUT2D eigenvalue weighted by molar-refractivity contribution is 4.79. The number of hydrogen-bond donors (Lipinski definition) is 1. The summed E-state index contributed by atoms with van der Waals surface area (Å²) >= 11 is 0. The molecule has 0 aliphatic carbocycles. The summed E-state index contributed by atoms with van der Waals surface area (Å²) in [7, 11) is 0. The lowest BCUT2D eigenvalue weighted by Gasteiger charge is -2.29. The number of nitrogens with zero attached hydrogens (tertiary/aromatic N) is 1. The first-order chi connectivity index (χ1) is 7.66. The van der Waals surface area contributed by atoms with Gasteiger partial charge in [-0.3, -0.25) is 0 Å². The van der Waals surface area contributed by atoms with Crippen LogP contribution in [0.3, 0.4) is 0 Å². The van der Waals surface area contributed by atoms with Crippen molar-refractivity contribution < 1.29 is 0 Å². The van der Waals surface area contributed by atoms with Crippen molar-refractivity contribution in [2.75, 3.05) is 32.7 Å². The van der Waals surface area contributed by atoms with Crippen molar-refractivity contribution in [3.8, 4) is 0 Å². The Kier molecular flexibility index (Phi) is 4.26. The van der Waals surface area contributed by atoms with Gasteiger partial charge in [0, 0.05) is 6.54 Å². The van der Waals surface area contributed by atoms with E-state index < -0.39 is 0 Å². The Morgan fingerprint density at radius 1 is 1.19 bits per heavy atom. The lowest BCUT2D eigenvalue weighted by molar-refractivity contribution is 0.206. The Labute approximate surface area is 101 Å². The molecule has 2 saturated heterocycles. The van der Waals surface area contributed by atoms with Crippen molar-refractivity contribution in [2.24, 2.45) is 11.3 Å². The average Bonchev–Trinajstić information content (AvgIpc) is 2.42. The van der Waals surface area contributed by atoms with Gasteiger partial charge in [-0.05, 0) is 69.6 Å². The van der Waals surface area contributed by atoms with Gasteiger partial charge < -0.3 is 10.2 Å². The van der Waals surface area contributed by atoms with Crippen LogP contribution in [0.4, 0.5) is 0 Å². The highest BCUT2D eigenvalue weighted by Crippen LogP contribution is 2.30. The Morgan fingerprint density at radius 2 is 2.06 bits per heavy atom. The third kappa shape index (κ3) is 3.74. The molecule has 0 amide bonds. The highest BCUT2D eigenvalue weighted by atomic mass is 15.1. The molecule has 0 spiro atoms. The number of piperidine rings is 1. The fraction of sp³-hybridized carbons (Fsp3) is 1.00. The van der Waals surface area contributed by atoms with E-state index in [9.17, 15) is 0 Å². The standard InChI is InChI=1S/C14H28N2/c1-14(2)6-4-9-16(10-7-14)12-13-5-3-8-15-11-13/h13,15H,3-12H2,1-2H3. The highest BCUT2D eigenvalue weighted by Gasteiger charge is 2.24. The Balaban J connectivity index is 1.76. The van der Waals surface area contributed by atoms with Gasteiger partial charge in [-0.15, -0.1) is 0 Å². The predicted octanol–water partition coefficient (Wildman–Crippen LogP) is 2.50. The van der Waals surface area contributed by atoms with Crippen LogP contribution in [0.25, 0.3) is 0 Å². The van der Waals surface area contributed by atoms with Gasteiger partial charge in [0.15, 0.2) is 0 Å². The molecular weight excluding hydrogens is 196 g/mol. The summed E-state index contributed by atoms with van der Waals surface area (Å²) in [6, 6.07) is 0. The maximum Gasteiger partial charge on any atom is 0.00218 e. The van der Waals surface area contributed by atoms with Gasteiger partial charge in [-0.1, -0.05) is 13.8 Å². The molecule has 0 saturated carbocycles. The number of hydrogen-bond acceptors (Lipinski definition) is 2. The second-order valence-electron chi connectivity index (χ2n) is 6.53. The molecule has 1 unspecified atom stereocenters. The van der Waals surface area contributed by atoms with E-state index in [1.54, 1.807) is 0 Å². The van der Waals surface area contributed by atoms with Crippen LogP contribution in [0.15, 0.2) is 0 Å². The maximum atomic E-state index is 3.53. The Morgan fingerprint density at radius 3 is 2.81 bits per heavy atom. The fourth-order valence-electron chi connectivity index (χ4n) is 3.11. The van der Waals surface area contributed by atoms with Gasteiger partial charge in [0.05, 0.1) is 0 Å². The minimum atomic E-state index is 0.583. The van der Waals surface area contributed by atoms with Crippen molar-refractivity contribution in [2.45, 2.75) is 46.0 Å². The summed E-state index contributed by atoms with van der Waals surface area (Å²) in [5, 5.41) is 3.53. The molecule has 16 heavy (non-hydrogen) atoms. The van der Waals surface area contributed by atoms with Crippen molar-refractivity contribution in [1.82, 2.24) is 10.2 Å². The van der Waals surface area contributed by atoms with Gasteiger partial charge >= 0.3 is 0 Å². The van der Waals surface area contributed by atoms with E-state index in [2.05, 4.69) is 24.1 Å². The molecule has 94 valence electrons. The minimum Gasteiger partial charge on any atom is -0.316 e. The number of rotatable bonds is 2. The molecule has 2 heterocycles. The van der Waals surface area contributed by atoms with Crippen LogP contribution in [0.2, 0.25) is 0 Å². The van der Waals surface area contributed by atoms with Crippen LogP contribution in [-0.4, -0.2) is 37.6 Å². The Bertz CT molecular complexity index is 207. The SMILES string of the molecule is CC1(C)CCCN(CC2CCCNC2)CC1. The Hall–Kier alpha value is -0.0800. The second kappa shape index (κ2) is 5.50. The molecule has 2 aliphatic rings. The quantitative estimate of drug-likeness (QED) is 0.775. The minimum absolute atomic E-state index is 0.583. The van der Waals surface area contributed by atoms with E-state index in [1.165, 1.54) is 64.8 Å². The summed E-state index contributed by atoms with van der Waals surface area (Å²) in [6.45, 7) is 11.3. The van der Waals surface area contributed by atoms with Crippen molar-refractivity contribution in [1.29, 1.82) is 0 Å². The van der Waals surface area contributed by atoms with Gasteiger partial charge in [0.2, 0.25) is 0 Å². The van der Waals surface area contributed by atoms with Crippen LogP contribution in [0, 0.1) is 11.3 Å². The summed E-state index contributed by atoms with van der Waals surface area (Å²) in [5.41, 5.74) is 0.583. The molecule has 2 aliphatic heterocycles. The first-order valence-electron chi connectivity index (χ1n) is 7.09. The van der Waals surface area contributed by atoms with Crippen LogP contribution in [0.1, 0.15) is 46.0 Å². The molecule has 0 bridgehead atoms. The van der Waals surface area contributed by atoms with E-state index >= 15 is 0 Å². The third-order valence-electron chi connectivity index (χ3n) is 4.35. The molecule has 2 nitrogen and oxygen atoms in total. The van der Waals surface area contributed by atoms with Crippen LogP contribution >= 0.6 is 0 Å². The van der Waals surface area contributed by atoms with E-state index in [0.717, 1.165) is 5.92 Å². The van der Waals surface area contributed by atoms with Crippen molar-refractivity contribution in [3.63, 3.8) is 0 Å². The van der Waals surface area contributed by atoms with Crippen molar-refractivity contribution >= 4 is 0 Å². The monoisotopic (exact) mass is 224 g/mol. The molecule has 0 radical (unpaired) electrons. The smallest absolute Gasteiger partial charge is 0.00218 e. The summed E-state index contributed by atoms with van der Waals surface area (Å²) in [6.07, 6.45) is 7.00. The van der Waals surface area contributed by atoms with Crippen molar-refractivity contribution in [3.05, 3.63) is 0 Å². The van der Waals surface area contributed by atoms with E-state index in [1.807, 2.05) is 0 Å². The van der Waals surface area contributed by atoms with Crippen LogP contribution < -0.4 is 5.32 Å². The van der Waals surface area contributed by atoms with E-state index in [4.69, 9.17) is 0 Å². The molecule has 1 atom stereocenters. The molecular formula is C14H28N2. The zero-order valence-electron chi connectivity index (χ0n) is 11.1. The molecule has 1 N–H and O–H groups in total. The number of nitrogens with one attached hydrogen (secondary N) is 1. The van der Waals surface area contributed by atoms with E-state index in [-0.39, 0.29) is 0 Å². The summed E-state index contributed by atoms with van der Waals surface area (Å²) in [5.74, 6) is 0.912. The molecule has 0 aromatic heterocycles.